The molecule has 2 heterocycles. The SMILES string of the molecule is CCS(=O)(=O)N1CCC(C(=O)Nc2ccc3[nH]c(=O)[nH]c3c2)(c2ccccc2)CC1. The Hall–Kier alpha value is -2.91. The number of fused-ring (bicyclic) bond motifs is 1. The van der Waals surface area contributed by atoms with E-state index >= 15 is 0 Å². The molecule has 2 aromatic carbocycles. The molecule has 0 spiro atoms. The summed E-state index contributed by atoms with van der Waals surface area (Å²) in [6.07, 6.45) is 0.788. The Morgan fingerprint density at radius 1 is 1.07 bits per heavy atom. The first-order valence-corrected chi connectivity index (χ1v) is 11.5. The molecule has 3 N–H and O–H groups in total. The molecule has 1 saturated heterocycles. The highest BCUT2D eigenvalue weighted by Crippen LogP contribution is 2.37. The number of imidazole rings is 1. The second kappa shape index (κ2) is 7.73. The number of aromatic nitrogens is 2. The van der Waals surface area contributed by atoms with Crippen LogP contribution in [0.2, 0.25) is 0 Å². The fourth-order valence-corrected chi connectivity index (χ4v) is 5.20. The Morgan fingerprint density at radius 2 is 1.73 bits per heavy atom. The van der Waals surface area contributed by atoms with Crippen molar-refractivity contribution in [1.82, 2.24) is 14.3 Å². The van der Waals surface area contributed by atoms with Crippen molar-refractivity contribution in [3.63, 3.8) is 0 Å². The third-order valence-electron chi connectivity index (χ3n) is 5.87. The zero-order valence-electron chi connectivity index (χ0n) is 16.6. The lowest BCUT2D eigenvalue weighted by atomic mass is 9.72. The largest absolute Gasteiger partial charge is 0.325 e. The molecule has 9 heteroatoms. The van der Waals surface area contributed by atoms with Gasteiger partial charge in [0.25, 0.3) is 0 Å². The quantitative estimate of drug-likeness (QED) is 0.578. The van der Waals surface area contributed by atoms with E-state index in [9.17, 15) is 18.0 Å². The molecule has 4 rings (SSSR count). The average molecular weight is 429 g/mol. The second-order valence-electron chi connectivity index (χ2n) is 7.54. The normalized spacial score (nSPS) is 17.1. The van der Waals surface area contributed by atoms with Gasteiger partial charge in [-0.2, -0.15) is 0 Å². The molecule has 0 saturated carbocycles. The minimum atomic E-state index is -3.30. The van der Waals surface area contributed by atoms with Crippen molar-refractivity contribution in [2.24, 2.45) is 0 Å². The summed E-state index contributed by atoms with van der Waals surface area (Å²) >= 11 is 0. The first-order valence-electron chi connectivity index (χ1n) is 9.91. The number of H-pyrrole nitrogens is 2. The average Bonchev–Trinajstić information content (AvgIpc) is 3.13. The molecule has 1 amide bonds. The van der Waals surface area contributed by atoms with Crippen LogP contribution in [0, 0.1) is 0 Å². The number of nitrogens with zero attached hydrogens (tertiary/aromatic N) is 1. The van der Waals surface area contributed by atoms with Crippen molar-refractivity contribution in [2.45, 2.75) is 25.2 Å². The van der Waals surface area contributed by atoms with Crippen LogP contribution in [0.15, 0.2) is 53.3 Å². The number of anilines is 1. The third kappa shape index (κ3) is 3.66. The fraction of sp³-hybridized carbons (Fsp3) is 0.333. The highest BCUT2D eigenvalue weighted by molar-refractivity contribution is 7.89. The van der Waals surface area contributed by atoms with E-state index in [4.69, 9.17) is 0 Å². The Kier molecular flexibility index (Phi) is 5.25. The maximum Gasteiger partial charge on any atom is 0.323 e. The van der Waals surface area contributed by atoms with Gasteiger partial charge in [0.05, 0.1) is 22.2 Å². The van der Waals surface area contributed by atoms with E-state index in [2.05, 4.69) is 15.3 Å². The predicted octanol–water partition coefficient (Wildman–Crippen LogP) is 2.18. The molecular weight excluding hydrogens is 404 g/mol. The van der Waals surface area contributed by atoms with Gasteiger partial charge in [-0.1, -0.05) is 30.3 Å². The highest BCUT2D eigenvalue weighted by Gasteiger charge is 2.44. The van der Waals surface area contributed by atoms with E-state index in [0.29, 0.717) is 42.7 Å². The van der Waals surface area contributed by atoms with Crippen molar-refractivity contribution in [1.29, 1.82) is 0 Å². The van der Waals surface area contributed by atoms with Crippen LogP contribution < -0.4 is 11.0 Å². The molecule has 0 bridgehead atoms. The van der Waals surface area contributed by atoms with E-state index in [0.717, 1.165) is 5.56 Å². The van der Waals surface area contributed by atoms with Crippen LogP contribution in [-0.4, -0.2) is 47.4 Å². The van der Waals surface area contributed by atoms with Gasteiger partial charge in [0.1, 0.15) is 0 Å². The van der Waals surface area contributed by atoms with Gasteiger partial charge in [-0.05, 0) is 43.5 Å². The number of hydrogen-bond acceptors (Lipinski definition) is 4. The molecule has 0 unspecified atom stereocenters. The molecule has 1 aliphatic rings. The van der Waals surface area contributed by atoms with Crippen molar-refractivity contribution in [3.05, 3.63) is 64.6 Å². The lowest BCUT2D eigenvalue weighted by Gasteiger charge is -2.40. The van der Waals surface area contributed by atoms with Crippen LogP contribution in [0.3, 0.4) is 0 Å². The van der Waals surface area contributed by atoms with E-state index < -0.39 is 15.4 Å². The first kappa shape index (κ1) is 20.4. The van der Waals surface area contributed by atoms with Gasteiger partial charge in [-0.3, -0.25) is 4.79 Å². The summed E-state index contributed by atoms with van der Waals surface area (Å²) in [4.78, 5) is 30.3. The van der Waals surface area contributed by atoms with Crippen molar-refractivity contribution in [2.75, 3.05) is 24.2 Å². The van der Waals surface area contributed by atoms with E-state index in [1.807, 2.05) is 30.3 Å². The molecule has 8 nitrogen and oxygen atoms in total. The molecular formula is C21H24N4O4S. The van der Waals surface area contributed by atoms with Gasteiger partial charge in [-0.25, -0.2) is 17.5 Å². The topological polar surface area (TPSA) is 115 Å². The number of carbonyl (C=O) groups is 1. The minimum absolute atomic E-state index is 0.0480. The van der Waals surface area contributed by atoms with Gasteiger partial charge in [-0.15, -0.1) is 0 Å². The molecule has 0 aliphatic carbocycles. The van der Waals surface area contributed by atoms with E-state index in [-0.39, 0.29) is 17.3 Å². The molecule has 1 aliphatic heterocycles. The Labute approximate surface area is 174 Å². The smallest absolute Gasteiger partial charge is 0.323 e. The lowest BCUT2D eigenvalue weighted by Crippen LogP contribution is -2.51. The lowest BCUT2D eigenvalue weighted by molar-refractivity contribution is -0.123. The number of hydrogen-bond donors (Lipinski definition) is 3. The number of carbonyl (C=O) groups excluding carboxylic acids is 1. The summed E-state index contributed by atoms with van der Waals surface area (Å²) in [6.45, 7) is 2.22. The van der Waals surface area contributed by atoms with Gasteiger partial charge >= 0.3 is 5.69 Å². The monoisotopic (exact) mass is 428 g/mol. The van der Waals surface area contributed by atoms with Crippen LogP contribution >= 0.6 is 0 Å². The minimum Gasteiger partial charge on any atom is -0.325 e. The van der Waals surface area contributed by atoms with Crippen LogP contribution in [0.25, 0.3) is 11.0 Å². The molecule has 3 aromatic rings. The van der Waals surface area contributed by atoms with E-state index in [1.54, 1.807) is 25.1 Å². The maximum atomic E-state index is 13.5. The summed E-state index contributed by atoms with van der Waals surface area (Å²) in [5, 5.41) is 2.98. The van der Waals surface area contributed by atoms with Crippen molar-refractivity contribution in [3.8, 4) is 0 Å². The number of amides is 1. The number of aromatic amines is 2. The highest BCUT2D eigenvalue weighted by atomic mass is 32.2. The summed E-state index contributed by atoms with van der Waals surface area (Å²) in [7, 11) is -3.30. The number of benzene rings is 2. The Morgan fingerprint density at radius 3 is 2.40 bits per heavy atom. The Bertz CT molecular complexity index is 1220. The summed E-state index contributed by atoms with van der Waals surface area (Å²) in [5.41, 5.74) is 1.57. The number of nitrogens with one attached hydrogen (secondary N) is 3. The van der Waals surface area contributed by atoms with Crippen LogP contribution in [0.5, 0.6) is 0 Å². The van der Waals surface area contributed by atoms with Gasteiger partial charge in [0.2, 0.25) is 15.9 Å². The number of rotatable bonds is 5. The molecule has 158 valence electrons. The maximum absolute atomic E-state index is 13.5. The number of piperidine rings is 1. The van der Waals surface area contributed by atoms with Crippen LogP contribution in [0.4, 0.5) is 5.69 Å². The van der Waals surface area contributed by atoms with Crippen molar-refractivity contribution < 1.29 is 13.2 Å². The Balaban J connectivity index is 1.64. The summed E-state index contributed by atoms with van der Waals surface area (Å²) in [5.74, 6) is -0.133. The zero-order valence-corrected chi connectivity index (χ0v) is 17.5. The summed E-state index contributed by atoms with van der Waals surface area (Å²) < 4.78 is 26.0. The first-order chi connectivity index (χ1) is 14.3. The molecule has 0 atom stereocenters. The summed E-state index contributed by atoms with van der Waals surface area (Å²) in [6, 6.07) is 14.7. The van der Waals surface area contributed by atoms with E-state index in [1.165, 1.54) is 4.31 Å². The van der Waals surface area contributed by atoms with Crippen molar-refractivity contribution >= 4 is 32.7 Å². The standard InChI is InChI=1S/C21H24N4O4S/c1-2-30(28,29)25-12-10-21(11-13-25,15-6-4-3-5-7-15)19(26)22-16-8-9-17-18(14-16)24-20(27)23-17/h3-9,14H,2,10-13H2,1H3,(H,22,26)(H2,23,24,27). The van der Waals surface area contributed by atoms with Gasteiger partial charge in [0, 0.05) is 18.8 Å². The van der Waals surface area contributed by atoms with Crippen LogP contribution in [0.1, 0.15) is 25.3 Å². The predicted molar refractivity (Wildman–Crippen MR) is 116 cm³/mol. The fourth-order valence-electron chi connectivity index (χ4n) is 4.09. The third-order valence-corrected chi connectivity index (χ3v) is 7.75. The second-order valence-corrected chi connectivity index (χ2v) is 9.80. The van der Waals surface area contributed by atoms with Crippen LogP contribution in [-0.2, 0) is 20.2 Å². The molecule has 1 fully saturated rings. The zero-order chi connectivity index (χ0) is 21.4. The molecule has 1 aromatic heterocycles. The molecule has 30 heavy (non-hydrogen) atoms. The van der Waals surface area contributed by atoms with Gasteiger partial charge < -0.3 is 15.3 Å². The molecule has 0 radical (unpaired) electrons. The number of sulfonamides is 1. The van der Waals surface area contributed by atoms with Gasteiger partial charge in [0.15, 0.2) is 0 Å².